The van der Waals surface area contributed by atoms with Crippen LogP contribution in [0.25, 0.3) is 5.69 Å². The molecule has 0 radical (unpaired) electrons. The molecule has 6 nitrogen and oxygen atoms in total. The summed E-state index contributed by atoms with van der Waals surface area (Å²) in [6, 6.07) is 10.3. The molecule has 3 aromatic rings. The predicted octanol–water partition coefficient (Wildman–Crippen LogP) is 2.71. The summed E-state index contributed by atoms with van der Waals surface area (Å²) in [4.78, 5) is 13.1. The Morgan fingerprint density at radius 3 is 2.68 bits per heavy atom. The van der Waals surface area contributed by atoms with Gasteiger partial charge in [0.1, 0.15) is 6.61 Å². The largest absolute Gasteiger partial charge is 0.486 e. The summed E-state index contributed by atoms with van der Waals surface area (Å²) in [6.45, 7) is 1.92. The molecule has 1 heterocycles. The van der Waals surface area contributed by atoms with E-state index in [4.69, 9.17) is 4.74 Å². The quantitative estimate of drug-likeness (QED) is 0.655. The van der Waals surface area contributed by atoms with Gasteiger partial charge < -0.3 is 4.74 Å². The number of aromatic nitrogens is 4. The lowest BCUT2D eigenvalue weighted by Crippen LogP contribution is -2.23. The Bertz CT molecular complexity index is 968. The molecular formula is C17H17FN4O2S. The molecule has 0 aliphatic carbocycles. The van der Waals surface area contributed by atoms with Crippen molar-refractivity contribution in [2.45, 2.75) is 18.4 Å². The molecule has 130 valence electrons. The van der Waals surface area contributed by atoms with Crippen molar-refractivity contribution in [3.8, 4) is 11.4 Å². The van der Waals surface area contributed by atoms with Crippen LogP contribution in [-0.4, -0.2) is 26.0 Å². The van der Waals surface area contributed by atoms with Gasteiger partial charge >= 0.3 is 5.69 Å². The summed E-state index contributed by atoms with van der Waals surface area (Å²) in [5.74, 6) is -0.251. The Hall–Kier alpha value is -2.61. The molecule has 0 N–H and O–H groups in total. The average Bonchev–Trinajstić information content (AvgIpc) is 2.93. The Labute approximate surface area is 148 Å². The summed E-state index contributed by atoms with van der Waals surface area (Å²) < 4.78 is 22.0. The van der Waals surface area contributed by atoms with Gasteiger partial charge in [-0.1, -0.05) is 12.1 Å². The molecule has 25 heavy (non-hydrogen) atoms. The van der Waals surface area contributed by atoms with Crippen LogP contribution >= 0.6 is 11.8 Å². The lowest BCUT2D eigenvalue weighted by atomic mass is 10.2. The molecular weight excluding hydrogens is 343 g/mol. The van der Waals surface area contributed by atoms with Crippen LogP contribution in [-0.2, 0) is 13.7 Å². The van der Waals surface area contributed by atoms with Crippen LogP contribution < -0.4 is 10.4 Å². The first-order valence-corrected chi connectivity index (χ1v) is 8.78. The highest BCUT2D eigenvalue weighted by molar-refractivity contribution is 7.98. The maximum atomic E-state index is 14.0. The minimum Gasteiger partial charge on any atom is -0.486 e. The predicted molar refractivity (Wildman–Crippen MR) is 93.9 cm³/mol. The molecule has 0 bridgehead atoms. The number of aryl methyl sites for hydroxylation is 2. The van der Waals surface area contributed by atoms with Crippen molar-refractivity contribution >= 4 is 11.8 Å². The second kappa shape index (κ2) is 7.10. The first-order valence-electron chi connectivity index (χ1n) is 7.55. The molecule has 0 spiro atoms. The van der Waals surface area contributed by atoms with E-state index in [1.165, 1.54) is 29.6 Å². The maximum absolute atomic E-state index is 14.0. The normalized spacial score (nSPS) is 10.9. The van der Waals surface area contributed by atoms with Crippen molar-refractivity contribution in [1.29, 1.82) is 0 Å². The highest BCUT2D eigenvalue weighted by Gasteiger charge is 2.15. The fourth-order valence-electron chi connectivity index (χ4n) is 2.43. The maximum Gasteiger partial charge on any atom is 0.368 e. The van der Waals surface area contributed by atoms with Gasteiger partial charge in [0, 0.05) is 17.5 Å². The minimum atomic E-state index is -0.417. The fraction of sp³-hybridized carbons (Fsp3) is 0.235. The van der Waals surface area contributed by atoms with Gasteiger partial charge in [-0.25, -0.2) is 9.18 Å². The first-order chi connectivity index (χ1) is 12.0. The number of benzene rings is 2. The number of halogens is 1. The molecule has 0 unspecified atom stereocenters. The minimum absolute atomic E-state index is 0.106. The molecule has 1 aromatic heterocycles. The summed E-state index contributed by atoms with van der Waals surface area (Å²) >= 11 is 1.51. The average molecular weight is 360 g/mol. The molecule has 0 aliphatic heterocycles. The smallest absolute Gasteiger partial charge is 0.368 e. The molecule has 8 heteroatoms. The van der Waals surface area contributed by atoms with Crippen LogP contribution in [0.3, 0.4) is 0 Å². The van der Waals surface area contributed by atoms with Crippen molar-refractivity contribution in [2.24, 2.45) is 7.05 Å². The van der Waals surface area contributed by atoms with E-state index < -0.39 is 5.82 Å². The highest BCUT2D eigenvalue weighted by atomic mass is 32.2. The third-order valence-electron chi connectivity index (χ3n) is 3.74. The molecule has 0 amide bonds. The van der Waals surface area contributed by atoms with Gasteiger partial charge in [-0.05, 0) is 53.4 Å². The van der Waals surface area contributed by atoms with Gasteiger partial charge in [0.2, 0.25) is 0 Å². The number of hydrogen-bond donors (Lipinski definition) is 0. The SMILES string of the molecule is CSc1cccc(-n2nnn(C)c2=O)c1COc1ccc(C)cc1F. The second-order valence-corrected chi connectivity index (χ2v) is 6.33. The molecule has 0 fully saturated rings. The number of rotatable bonds is 5. The van der Waals surface area contributed by atoms with E-state index in [1.807, 2.05) is 25.3 Å². The zero-order valence-corrected chi connectivity index (χ0v) is 14.9. The fourth-order valence-corrected chi connectivity index (χ4v) is 3.05. The Kier molecular flexibility index (Phi) is 4.89. The van der Waals surface area contributed by atoms with Crippen molar-refractivity contribution in [2.75, 3.05) is 6.26 Å². The van der Waals surface area contributed by atoms with Crippen LogP contribution in [0.5, 0.6) is 5.75 Å². The Balaban J connectivity index is 1.99. The van der Waals surface area contributed by atoms with E-state index in [2.05, 4.69) is 10.4 Å². The molecule has 0 saturated heterocycles. The topological polar surface area (TPSA) is 61.9 Å². The molecule has 3 rings (SSSR count). The third-order valence-corrected chi connectivity index (χ3v) is 4.56. The molecule has 0 aliphatic rings. The number of nitrogens with zero attached hydrogens (tertiary/aromatic N) is 4. The number of thioether (sulfide) groups is 1. The van der Waals surface area contributed by atoms with Gasteiger partial charge in [-0.2, -0.15) is 9.36 Å². The number of tetrazole rings is 1. The van der Waals surface area contributed by atoms with Crippen molar-refractivity contribution < 1.29 is 9.13 Å². The van der Waals surface area contributed by atoms with Crippen LogP contribution in [0.1, 0.15) is 11.1 Å². The monoisotopic (exact) mass is 360 g/mol. The Morgan fingerprint density at radius 1 is 1.24 bits per heavy atom. The summed E-state index contributed by atoms with van der Waals surface area (Å²) in [5.41, 5.74) is 1.78. The van der Waals surface area contributed by atoms with E-state index in [1.54, 1.807) is 18.2 Å². The van der Waals surface area contributed by atoms with E-state index >= 15 is 0 Å². The van der Waals surface area contributed by atoms with Crippen molar-refractivity contribution in [3.05, 3.63) is 63.8 Å². The molecule has 0 saturated carbocycles. The molecule has 0 atom stereocenters. The number of hydrogen-bond acceptors (Lipinski definition) is 5. The third kappa shape index (κ3) is 3.43. The molecule has 2 aromatic carbocycles. The summed E-state index contributed by atoms with van der Waals surface area (Å²) in [6.07, 6.45) is 1.93. The van der Waals surface area contributed by atoms with E-state index in [0.29, 0.717) is 5.69 Å². The van der Waals surface area contributed by atoms with Gasteiger partial charge in [-0.3, -0.25) is 0 Å². The Morgan fingerprint density at radius 2 is 2.04 bits per heavy atom. The first kappa shape index (κ1) is 17.2. The second-order valence-electron chi connectivity index (χ2n) is 5.48. The standard InChI is InChI=1S/C17H17FN4O2S/c1-11-7-8-15(13(18)9-11)24-10-12-14(5-4-6-16(12)25-3)22-17(23)21(2)19-20-22/h4-9H,10H2,1-3H3. The van der Waals surface area contributed by atoms with E-state index in [0.717, 1.165) is 20.7 Å². The number of ether oxygens (including phenoxy) is 1. The van der Waals surface area contributed by atoms with Crippen molar-refractivity contribution in [3.63, 3.8) is 0 Å². The van der Waals surface area contributed by atoms with Crippen molar-refractivity contribution in [1.82, 2.24) is 19.8 Å². The van der Waals surface area contributed by atoms with Crippen LogP contribution in [0, 0.1) is 12.7 Å². The zero-order valence-electron chi connectivity index (χ0n) is 14.1. The zero-order chi connectivity index (χ0) is 18.0. The lowest BCUT2D eigenvalue weighted by Gasteiger charge is -2.14. The van der Waals surface area contributed by atoms with Gasteiger partial charge in [0.25, 0.3) is 0 Å². The highest BCUT2D eigenvalue weighted by Crippen LogP contribution is 2.27. The van der Waals surface area contributed by atoms with Gasteiger partial charge in [0.05, 0.1) is 5.69 Å². The van der Waals surface area contributed by atoms with Crippen LogP contribution in [0.15, 0.2) is 46.1 Å². The lowest BCUT2D eigenvalue weighted by molar-refractivity contribution is 0.287. The van der Waals surface area contributed by atoms with E-state index in [-0.39, 0.29) is 18.0 Å². The summed E-state index contributed by atoms with van der Waals surface area (Å²) in [7, 11) is 1.53. The van der Waals surface area contributed by atoms with Gasteiger partial charge in [0.15, 0.2) is 11.6 Å². The van der Waals surface area contributed by atoms with Crippen LogP contribution in [0.2, 0.25) is 0 Å². The van der Waals surface area contributed by atoms with E-state index in [9.17, 15) is 9.18 Å². The van der Waals surface area contributed by atoms with Gasteiger partial charge in [-0.15, -0.1) is 11.8 Å². The van der Waals surface area contributed by atoms with Crippen LogP contribution in [0.4, 0.5) is 4.39 Å². The summed E-state index contributed by atoms with van der Waals surface area (Å²) in [5, 5.41) is 7.62.